The molecular formula is C19H20N8O3. The van der Waals surface area contributed by atoms with Gasteiger partial charge in [-0.05, 0) is 12.1 Å². The van der Waals surface area contributed by atoms with Gasteiger partial charge in [0.2, 0.25) is 5.91 Å². The molecule has 0 unspecified atom stereocenters. The topological polar surface area (TPSA) is 127 Å². The summed E-state index contributed by atoms with van der Waals surface area (Å²) in [5.74, 6) is 0.939. The Hall–Kier alpha value is -4.02. The molecule has 0 bridgehead atoms. The number of nitrogens with zero attached hydrogens (tertiary/aromatic N) is 6. The standard InChI is InChI=1S/C19H20N8O3/c1-20-19(29)16-13(9-14(23-24-16)27-8-7-15(27)28)22-12-6-4-5-11(17(12)30-3)18-21-10-26(2)25-18/h4-6,9-10H,7-8H2,1-3H3,(H,20,29)(H,22,23). The zero-order chi connectivity index (χ0) is 21.3. The molecule has 0 atom stereocenters. The smallest absolute Gasteiger partial charge is 0.273 e. The number of para-hydroxylation sites is 1. The van der Waals surface area contributed by atoms with Crippen LogP contribution in [0.25, 0.3) is 11.4 Å². The van der Waals surface area contributed by atoms with E-state index in [2.05, 4.69) is 30.9 Å². The van der Waals surface area contributed by atoms with Crippen molar-refractivity contribution in [2.75, 3.05) is 30.9 Å². The van der Waals surface area contributed by atoms with E-state index in [0.29, 0.717) is 47.3 Å². The first-order valence-corrected chi connectivity index (χ1v) is 9.22. The second-order valence-corrected chi connectivity index (χ2v) is 6.59. The van der Waals surface area contributed by atoms with E-state index in [0.717, 1.165) is 0 Å². The summed E-state index contributed by atoms with van der Waals surface area (Å²) in [6, 6.07) is 7.09. The molecule has 0 aliphatic carbocycles. The number of anilines is 3. The summed E-state index contributed by atoms with van der Waals surface area (Å²) in [6.45, 7) is 0.566. The Labute approximate surface area is 172 Å². The molecule has 1 aromatic carbocycles. The monoisotopic (exact) mass is 408 g/mol. The van der Waals surface area contributed by atoms with Crippen LogP contribution in [-0.4, -0.2) is 57.5 Å². The number of rotatable bonds is 6. The van der Waals surface area contributed by atoms with Crippen LogP contribution >= 0.6 is 0 Å². The van der Waals surface area contributed by atoms with Gasteiger partial charge in [0.05, 0.1) is 24.0 Å². The fraction of sp³-hybridized carbons (Fsp3) is 0.263. The van der Waals surface area contributed by atoms with Gasteiger partial charge in [-0.25, -0.2) is 4.98 Å². The summed E-state index contributed by atoms with van der Waals surface area (Å²) in [4.78, 5) is 29.9. The predicted molar refractivity (Wildman–Crippen MR) is 109 cm³/mol. The number of carbonyl (C=O) groups is 2. The van der Waals surface area contributed by atoms with Crippen molar-refractivity contribution in [1.29, 1.82) is 0 Å². The lowest BCUT2D eigenvalue weighted by molar-refractivity contribution is -0.122. The average molecular weight is 408 g/mol. The number of aryl methyl sites for hydroxylation is 1. The van der Waals surface area contributed by atoms with Gasteiger partial charge < -0.3 is 15.4 Å². The Balaban J connectivity index is 1.77. The molecule has 2 amide bonds. The first-order valence-electron chi connectivity index (χ1n) is 9.22. The molecule has 1 aliphatic heterocycles. The molecule has 0 spiro atoms. The third-order valence-electron chi connectivity index (χ3n) is 4.68. The third-order valence-corrected chi connectivity index (χ3v) is 4.68. The van der Waals surface area contributed by atoms with Crippen molar-refractivity contribution in [1.82, 2.24) is 30.3 Å². The summed E-state index contributed by atoms with van der Waals surface area (Å²) in [5, 5.41) is 18.1. The molecule has 11 heteroatoms. The van der Waals surface area contributed by atoms with Gasteiger partial charge in [-0.2, -0.15) is 5.10 Å². The van der Waals surface area contributed by atoms with Crippen molar-refractivity contribution < 1.29 is 14.3 Å². The van der Waals surface area contributed by atoms with Crippen molar-refractivity contribution in [2.24, 2.45) is 7.05 Å². The lowest BCUT2D eigenvalue weighted by atomic mass is 10.1. The minimum absolute atomic E-state index is 0.0382. The molecule has 1 saturated heterocycles. The minimum Gasteiger partial charge on any atom is -0.494 e. The quantitative estimate of drug-likeness (QED) is 0.581. The van der Waals surface area contributed by atoms with Gasteiger partial charge in [0.25, 0.3) is 5.91 Å². The van der Waals surface area contributed by atoms with Crippen LogP contribution in [0.5, 0.6) is 5.75 Å². The molecule has 30 heavy (non-hydrogen) atoms. The first kappa shape index (κ1) is 19.3. The van der Waals surface area contributed by atoms with Gasteiger partial charge in [0.15, 0.2) is 23.1 Å². The predicted octanol–water partition coefficient (Wildman–Crippen LogP) is 1.12. The molecular weight excluding hydrogens is 388 g/mol. The van der Waals surface area contributed by atoms with Crippen LogP contribution in [0.2, 0.25) is 0 Å². The van der Waals surface area contributed by atoms with Crippen LogP contribution in [0.4, 0.5) is 17.2 Å². The summed E-state index contributed by atoms with van der Waals surface area (Å²) in [5.41, 5.74) is 1.76. The first-order chi connectivity index (χ1) is 14.5. The molecule has 4 rings (SSSR count). The molecule has 0 radical (unpaired) electrons. The highest BCUT2D eigenvalue weighted by molar-refractivity contribution is 6.01. The van der Waals surface area contributed by atoms with E-state index in [9.17, 15) is 9.59 Å². The summed E-state index contributed by atoms with van der Waals surface area (Å²) in [6.07, 6.45) is 2.07. The van der Waals surface area contributed by atoms with Crippen molar-refractivity contribution >= 4 is 29.0 Å². The van der Waals surface area contributed by atoms with Crippen LogP contribution in [0.15, 0.2) is 30.6 Å². The van der Waals surface area contributed by atoms with Gasteiger partial charge in [-0.1, -0.05) is 6.07 Å². The van der Waals surface area contributed by atoms with Crippen LogP contribution in [0.1, 0.15) is 16.9 Å². The van der Waals surface area contributed by atoms with Crippen LogP contribution in [0.3, 0.4) is 0 Å². The number of ether oxygens (including phenoxy) is 1. The molecule has 154 valence electrons. The van der Waals surface area contributed by atoms with Crippen molar-refractivity contribution in [2.45, 2.75) is 6.42 Å². The normalized spacial score (nSPS) is 13.0. The Morgan fingerprint density at radius 1 is 1.23 bits per heavy atom. The largest absolute Gasteiger partial charge is 0.494 e. The molecule has 2 aromatic heterocycles. The second kappa shape index (κ2) is 7.78. The molecule has 11 nitrogen and oxygen atoms in total. The lowest BCUT2D eigenvalue weighted by Crippen LogP contribution is -2.44. The van der Waals surface area contributed by atoms with E-state index in [-0.39, 0.29) is 11.6 Å². The summed E-state index contributed by atoms with van der Waals surface area (Å²) >= 11 is 0. The maximum atomic E-state index is 12.3. The SMILES string of the molecule is CNC(=O)c1nnc(N2CCC2=O)cc1Nc1cccc(-c2ncn(C)n2)c1OC. The van der Waals surface area contributed by atoms with E-state index in [1.54, 1.807) is 37.3 Å². The third kappa shape index (κ3) is 3.41. The van der Waals surface area contributed by atoms with Crippen molar-refractivity contribution in [3.05, 3.63) is 36.3 Å². The summed E-state index contributed by atoms with van der Waals surface area (Å²) in [7, 11) is 4.83. The number of hydrogen-bond donors (Lipinski definition) is 2. The molecule has 1 fully saturated rings. The number of methoxy groups -OCH3 is 1. The van der Waals surface area contributed by atoms with Crippen molar-refractivity contribution in [3.63, 3.8) is 0 Å². The van der Waals surface area contributed by atoms with Gasteiger partial charge in [-0.15, -0.1) is 10.2 Å². The second-order valence-electron chi connectivity index (χ2n) is 6.59. The average Bonchev–Trinajstić information content (AvgIpc) is 3.18. The number of β-lactam (4-membered cyclic amide) rings is 1. The van der Waals surface area contributed by atoms with Crippen LogP contribution in [0, 0.1) is 0 Å². The van der Waals surface area contributed by atoms with E-state index in [4.69, 9.17) is 4.74 Å². The molecule has 0 saturated carbocycles. The Bertz CT molecular complexity index is 1130. The fourth-order valence-corrected chi connectivity index (χ4v) is 3.09. The lowest BCUT2D eigenvalue weighted by Gasteiger charge is -2.29. The molecule has 2 N–H and O–H groups in total. The Morgan fingerprint density at radius 2 is 2.07 bits per heavy atom. The minimum atomic E-state index is -0.409. The summed E-state index contributed by atoms with van der Waals surface area (Å²) < 4.78 is 7.21. The zero-order valence-corrected chi connectivity index (χ0v) is 16.7. The van der Waals surface area contributed by atoms with Gasteiger partial charge in [0.1, 0.15) is 6.33 Å². The number of nitrogens with one attached hydrogen (secondary N) is 2. The molecule has 3 heterocycles. The molecule has 3 aromatic rings. The van der Waals surface area contributed by atoms with Crippen molar-refractivity contribution in [3.8, 4) is 17.1 Å². The van der Waals surface area contributed by atoms with Gasteiger partial charge in [0, 0.05) is 33.1 Å². The highest BCUT2D eigenvalue weighted by Crippen LogP contribution is 2.37. The Morgan fingerprint density at radius 3 is 2.67 bits per heavy atom. The van der Waals surface area contributed by atoms with E-state index >= 15 is 0 Å². The van der Waals surface area contributed by atoms with E-state index in [1.807, 2.05) is 12.1 Å². The number of aromatic nitrogens is 5. The maximum Gasteiger partial charge on any atom is 0.273 e. The highest BCUT2D eigenvalue weighted by atomic mass is 16.5. The Kier molecular flexibility index (Phi) is 5.00. The van der Waals surface area contributed by atoms with Gasteiger partial charge in [-0.3, -0.25) is 19.2 Å². The van der Waals surface area contributed by atoms with E-state index < -0.39 is 5.91 Å². The molecule has 1 aliphatic rings. The van der Waals surface area contributed by atoms with Crippen LogP contribution < -0.4 is 20.3 Å². The van der Waals surface area contributed by atoms with Crippen LogP contribution in [-0.2, 0) is 11.8 Å². The zero-order valence-electron chi connectivity index (χ0n) is 16.7. The number of amides is 2. The number of carbonyl (C=O) groups excluding carboxylic acids is 2. The maximum absolute atomic E-state index is 12.3. The highest BCUT2D eigenvalue weighted by Gasteiger charge is 2.28. The van der Waals surface area contributed by atoms with E-state index in [1.165, 1.54) is 11.9 Å². The fourth-order valence-electron chi connectivity index (χ4n) is 3.09. The number of benzene rings is 1. The van der Waals surface area contributed by atoms with Gasteiger partial charge >= 0.3 is 0 Å². The number of hydrogen-bond acceptors (Lipinski definition) is 8.